The fourth-order valence-corrected chi connectivity index (χ4v) is 2.25. The Balaban J connectivity index is 1.89. The van der Waals surface area contributed by atoms with Gasteiger partial charge in [0.1, 0.15) is 0 Å². The van der Waals surface area contributed by atoms with Gasteiger partial charge in [0, 0.05) is 39.1 Å². The Morgan fingerprint density at radius 1 is 1.42 bits per heavy atom. The maximum atomic E-state index is 5.69. The molecule has 5 nitrogen and oxygen atoms in total. The van der Waals surface area contributed by atoms with E-state index in [2.05, 4.69) is 34.0 Å². The van der Waals surface area contributed by atoms with Gasteiger partial charge in [-0.25, -0.2) is 9.97 Å². The number of hydrogen-bond donors (Lipinski definition) is 1. The molecule has 0 saturated carbocycles. The van der Waals surface area contributed by atoms with Gasteiger partial charge >= 0.3 is 0 Å². The van der Waals surface area contributed by atoms with Gasteiger partial charge in [0.05, 0.1) is 12.7 Å². The van der Waals surface area contributed by atoms with Crippen LogP contribution in [-0.4, -0.2) is 49.4 Å². The summed E-state index contributed by atoms with van der Waals surface area (Å²) in [5.74, 6) is 1.40. The molecule has 0 amide bonds. The summed E-state index contributed by atoms with van der Waals surface area (Å²) in [4.78, 5) is 10.9. The van der Waals surface area contributed by atoms with Crippen molar-refractivity contribution in [1.82, 2.24) is 15.3 Å². The topological polar surface area (TPSA) is 50.3 Å². The zero-order chi connectivity index (χ0) is 13.7. The molecule has 1 aliphatic heterocycles. The molecule has 2 heterocycles. The zero-order valence-electron chi connectivity index (χ0n) is 12.1. The first-order valence-corrected chi connectivity index (χ1v) is 6.99. The maximum Gasteiger partial charge on any atom is 0.225 e. The second-order valence-corrected chi connectivity index (χ2v) is 5.57. The van der Waals surface area contributed by atoms with E-state index in [0.29, 0.717) is 5.92 Å². The summed E-state index contributed by atoms with van der Waals surface area (Å²) in [6.07, 6.45) is 5.11. The van der Waals surface area contributed by atoms with Crippen LogP contribution >= 0.6 is 0 Å². The minimum atomic E-state index is 0.220. The second-order valence-electron chi connectivity index (χ2n) is 5.57. The van der Waals surface area contributed by atoms with E-state index in [1.807, 2.05) is 19.4 Å². The van der Waals surface area contributed by atoms with E-state index in [9.17, 15) is 0 Å². The lowest BCUT2D eigenvalue weighted by atomic mass is 10.1. The molecule has 1 saturated heterocycles. The summed E-state index contributed by atoms with van der Waals surface area (Å²) < 4.78 is 5.69. The monoisotopic (exact) mass is 264 g/mol. The Labute approximate surface area is 115 Å². The van der Waals surface area contributed by atoms with Crippen LogP contribution in [0.25, 0.3) is 0 Å². The van der Waals surface area contributed by atoms with Crippen molar-refractivity contribution in [2.45, 2.75) is 26.4 Å². The second kappa shape index (κ2) is 6.82. The third-order valence-corrected chi connectivity index (χ3v) is 3.16. The minimum absolute atomic E-state index is 0.220. The van der Waals surface area contributed by atoms with Gasteiger partial charge in [0.25, 0.3) is 0 Å². The van der Waals surface area contributed by atoms with Gasteiger partial charge in [0.2, 0.25) is 5.95 Å². The summed E-state index contributed by atoms with van der Waals surface area (Å²) in [5, 5.41) is 3.33. The molecular weight excluding hydrogens is 240 g/mol. The van der Waals surface area contributed by atoms with Crippen LogP contribution < -0.4 is 10.2 Å². The Kier molecular flexibility index (Phi) is 5.10. The third kappa shape index (κ3) is 4.44. The first kappa shape index (κ1) is 14.2. The van der Waals surface area contributed by atoms with Crippen molar-refractivity contribution >= 4 is 5.95 Å². The van der Waals surface area contributed by atoms with Crippen molar-refractivity contribution in [2.75, 3.05) is 38.2 Å². The average molecular weight is 264 g/mol. The zero-order valence-corrected chi connectivity index (χ0v) is 12.1. The molecule has 0 spiro atoms. The Hall–Kier alpha value is -1.20. The Morgan fingerprint density at radius 2 is 2.16 bits per heavy atom. The predicted molar refractivity (Wildman–Crippen MR) is 76.5 cm³/mol. The summed E-state index contributed by atoms with van der Waals surface area (Å²) >= 11 is 0. The molecule has 1 aromatic heterocycles. The molecule has 5 heteroatoms. The number of likely N-dealkylation sites (N-methyl/N-ethyl adjacent to an activating group) is 1. The van der Waals surface area contributed by atoms with Gasteiger partial charge in [-0.3, -0.25) is 0 Å². The number of morpholine rings is 1. The fourth-order valence-electron chi connectivity index (χ4n) is 2.25. The highest BCUT2D eigenvalue weighted by molar-refractivity contribution is 5.28. The highest BCUT2D eigenvalue weighted by Crippen LogP contribution is 2.10. The smallest absolute Gasteiger partial charge is 0.225 e. The molecule has 0 aromatic carbocycles. The first-order chi connectivity index (χ1) is 9.15. The number of nitrogens with one attached hydrogen (secondary N) is 1. The number of ether oxygens (including phenoxy) is 1. The molecule has 1 fully saturated rings. The van der Waals surface area contributed by atoms with Crippen molar-refractivity contribution in [1.29, 1.82) is 0 Å². The minimum Gasteiger partial charge on any atom is -0.374 e. The largest absolute Gasteiger partial charge is 0.374 e. The molecule has 106 valence electrons. The number of anilines is 1. The van der Waals surface area contributed by atoms with Crippen LogP contribution in [0.15, 0.2) is 12.4 Å². The normalized spacial score (nSPS) is 19.7. The molecule has 1 aromatic rings. The molecule has 1 unspecified atom stereocenters. The number of hydrogen-bond acceptors (Lipinski definition) is 5. The van der Waals surface area contributed by atoms with E-state index in [0.717, 1.165) is 38.6 Å². The van der Waals surface area contributed by atoms with E-state index in [4.69, 9.17) is 4.74 Å². The van der Waals surface area contributed by atoms with Gasteiger partial charge in [0.15, 0.2) is 0 Å². The van der Waals surface area contributed by atoms with E-state index < -0.39 is 0 Å². The average Bonchev–Trinajstić information content (AvgIpc) is 2.40. The molecule has 19 heavy (non-hydrogen) atoms. The number of aromatic nitrogens is 2. The molecule has 2 rings (SSSR count). The van der Waals surface area contributed by atoms with Crippen LogP contribution in [0.4, 0.5) is 5.95 Å². The summed E-state index contributed by atoms with van der Waals surface area (Å²) in [6.45, 7) is 7.85. The van der Waals surface area contributed by atoms with Gasteiger partial charge in [-0.15, -0.1) is 0 Å². The standard InChI is InChI=1S/C14H24N4O/c1-11(2)6-12-7-16-14(17-8-12)18(3)10-13-9-15-4-5-19-13/h7-8,11,13,15H,4-6,9-10H2,1-3H3. The van der Waals surface area contributed by atoms with Crippen LogP contribution in [0.1, 0.15) is 19.4 Å². The summed E-state index contributed by atoms with van der Waals surface area (Å²) in [6, 6.07) is 0. The highest BCUT2D eigenvalue weighted by atomic mass is 16.5. The van der Waals surface area contributed by atoms with E-state index in [1.165, 1.54) is 5.56 Å². The molecule has 0 bridgehead atoms. The Morgan fingerprint density at radius 3 is 2.74 bits per heavy atom. The lowest BCUT2D eigenvalue weighted by Crippen LogP contribution is -2.44. The molecule has 0 aliphatic carbocycles. The first-order valence-electron chi connectivity index (χ1n) is 6.99. The maximum absolute atomic E-state index is 5.69. The van der Waals surface area contributed by atoms with Gasteiger partial charge in [-0.1, -0.05) is 13.8 Å². The molecule has 1 atom stereocenters. The molecule has 1 N–H and O–H groups in total. The van der Waals surface area contributed by atoms with E-state index in [1.54, 1.807) is 0 Å². The quantitative estimate of drug-likeness (QED) is 0.863. The summed E-state index contributed by atoms with van der Waals surface area (Å²) in [7, 11) is 2.01. The van der Waals surface area contributed by atoms with Crippen LogP contribution in [-0.2, 0) is 11.2 Å². The van der Waals surface area contributed by atoms with Crippen molar-refractivity contribution in [3.63, 3.8) is 0 Å². The van der Waals surface area contributed by atoms with Crippen molar-refractivity contribution in [2.24, 2.45) is 5.92 Å². The predicted octanol–water partition coefficient (Wildman–Crippen LogP) is 1.10. The van der Waals surface area contributed by atoms with Crippen molar-refractivity contribution in [3.8, 4) is 0 Å². The fraction of sp³-hybridized carbons (Fsp3) is 0.714. The van der Waals surface area contributed by atoms with Crippen molar-refractivity contribution < 1.29 is 4.74 Å². The molecule has 1 aliphatic rings. The van der Waals surface area contributed by atoms with Crippen LogP contribution in [0.5, 0.6) is 0 Å². The van der Waals surface area contributed by atoms with E-state index >= 15 is 0 Å². The third-order valence-electron chi connectivity index (χ3n) is 3.16. The van der Waals surface area contributed by atoms with E-state index in [-0.39, 0.29) is 6.10 Å². The van der Waals surface area contributed by atoms with Crippen LogP contribution in [0.2, 0.25) is 0 Å². The SMILES string of the molecule is CC(C)Cc1cnc(N(C)CC2CNCCO2)nc1. The van der Waals surface area contributed by atoms with Gasteiger partial charge in [-0.05, 0) is 17.9 Å². The number of rotatable bonds is 5. The lowest BCUT2D eigenvalue weighted by Gasteiger charge is -2.28. The van der Waals surface area contributed by atoms with Crippen LogP contribution in [0, 0.1) is 5.92 Å². The number of nitrogens with zero attached hydrogens (tertiary/aromatic N) is 3. The summed E-state index contributed by atoms with van der Waals surface area (Å²) in [5.41, 5.74) is 1.20. The van der Waals surface area contributed by atoms with Gasteiger partial charge < -0.3 is 15.0 Å². The molecular formula is C14H24N4O. The Bertz CT molecular complexity index is 374. The van der Waals surface area contributed by atoms with Crippen molar-refractivity contribution in [3.05, 3.63) is 18.0 Å². The van der Waals surface area contributed by atoms with Gasteiger partial charge in [-0.2, -0.15) is 0 Å². The highest BCUT2D eigenvalue weighted by Gasteiger charge is 2.16. The van der Waals surface area contributed by atoms with Crippen LogP contribution in [0.3, 0.4) is 0 Å². The molecule has 0 radical (unpaired) electrons. The lowest BCUT2D eigenvalue weighted by molar-refractivity contribution is 0.0338.